The third kappa shape index (κ3) is 13.9. The fraction of sp³-hybridized carbons (Fsp3) is 0.280. The summed E-state index contributed by atoms with van der Waals surface area (Å²) in [7, 11) is 0. The molecule has 0 saturated heterocycles. The summed E-state index contributed by atoms with van der Waals surface area (Å²) in [6, 6.07) is 90.9. The van der Waals surface area contributed by atoms with Crippen LogP contribution in [0.4, 0.5) is 0 Å². The molecule has 12 rings (SSSR count). The maximum Gasteiger partial charge on any atom is 0.123 e. The standard InChI is InChI=1S/C100H106O6/c1-62(79-52-73(48-50-89(79)101)95(6,7)67-36-24-18-25-37-67)81-54-75(97(10,11)69-40-28-20-29-41-69)56-83(91(81)103)64(3)85-58-77(99(14,15)71-44-32-22-33-45-71)60-87(93(85)105)66(5)88-61-78(100(16,17)72-46-34-23-35-47-72)59-86(94(88)106)65(4)84-57-76(98(12,13)70-42-30-21-31-43-70)55-82(92(84)104)63(2)80-53-74(49-51-90(80)102)96(8,9)68-38-26-19-27-39-68/h18-66,101-106H,1-17H3. The van der Waals surface area contributed by atoms with Gasteiger partial charge < -0.3 is 30.6 Å². The summed E-state index contributed by atoms with van der Waals surface area (Å²) in [6.07, 6.45) is 0. The lowest BCUT2D eigenvalue weighted by molar-refractivity contribution is 0.440. The van der Waals surface area contributed by atoms with Gasteiger partial charge in [0, 0.05) is 118 Å². The van der Waals surface area contributed by atoms with Gasteiger partial charge in [-0.1, -0.05) is 372 Å². The molecule has 0 spiro atoms. The second kappa shape index (κ2) is 29.1. The van der Waals surface area contributed by atoms with Crippen molar-refractivity contribution in [3.8, 4) is 34.5 Å². The molecule has 12 aromatic rings. The molecule has 0 radical (unpaired) electrons. The van der Waals surface area contributed by atoms with Gasteiger partial charge in [0.15, 0.2) is 0 Å². The first-order valence-electron chi connectivity index (χ1n) is 37.7. The van der Waals surface area contributed by atoms with Crippen LogP contribution in [0.3, 0.4) is 0 Å². The molecule has 0 aliphatic rings. The second-order valence-corrected chi connectivity index (χ2v) is 33.1. The van der Waals surface area contributed by atoms with Crippen molar-refractivity contribution in [2.24, 2.45) is 0 Å². The first-order valence-corrected chi connectivity index (χ1v) is 37.7. The van der Waals surface area contributed by atoms with E-state index in [-0.39, 0.29) is 34.5 Å². The zero-order valence-electron chi connectivity index (χ0n) is 65.0. The van der Waals surface area contributed by atoms with Crippen LogP contribution < -0.4 is 0 Å². The molecule has 0 amide bonds. The number of rotatable bonds is 22. The molecule has 6 nitrogen and oxygen atoms in total. The van der Waals surface area contributed by atoms with Crippen LogP contribution in [-0.2, 0) is 32.5 Å². The predicted molar refractivity (Wildman–Crippen MR) is 438 cm³/mol. The van der Waals surface area contributed by atoms with Crippen molar-refractivity contribution in [1.82, 2.24) is 0 Å². The molecule has 0 saturated carbocycles. The van der Waals surface area contributed by atoms with E-state index in [1.807, 2.05) is 48.5 Å². The number of phenolic OH excluding ortho intramolecular Hbond substituents is 6. The van der Waals surface area contributed by atoms with E-state index in [9.17, 15) is 30.6 Å². The maximum absolute atomic E-state index is 13.8. The average Bonchev–Trinajstić information content (AvgIpc) is 0.743. The van der Waals surface area contributed by atoms with Crippen LogP contribution in [0.5, 0.6) is 34.5 Å². The maximum atomic E-state index is 13.8. The Labute approximate surface area is 630 Å². The number of phenols is 6. The zero-order chi connectivity index (χ0) is 76.2. The van der Waals surface area contributed by atoms with E-state index in [0.717, 1.165) is 66.8 Å². The van der Waals surface area contributed by atoms with Crippen LogP contribution in [0.2, 0.25) is 0 Å². The summed E-state index contributed by atoms with van der Waals surface area (Å²) >= 11 is 0. The molecule has 0 aliphatic carbocycles. The Hall–Kier alpha value is -10.6. The summed E-state index contributed by atoms with van der Waals surface area (Å²) in [4.78, 5) is 0. The van der Waals surface area contributed by atoms with E-state index in [0.29, 0.717) is 55.6 Å². The quantitative estimate of drug-likeness (QED) is 0.0402. The van der Waals surface area contributed by atoms with E-state index in [1.165, 1.54) is 0 Å². The SMILES string of the molecule is CC(c1cc(C(C)(C)c2ccccc2)ccc1O)c1cc(C(C)(C)c2ccccc2)cc(C(C)c2cc(C(C)(C)c3ccccc3)cc(C(C)c3cc(C(C)(C)c4ccccc4)cc(C(C)c4cc(C(C)(C)c5ccccc5)cc(C(C)c5cc(C(C)(C)c6ccccc6)ccc5O)c4O)c3O)c2O)c1O. The summed E-state index contributed by atoms with van der Waals surface area (Å²) in [5, 5.41) is 78.3. The molecule has 12 aromatic carbocycles. The Kier molecular flexibility index (Phi) is 20.6. The van der Waals surface area contributed by atoms with Crippen LogP contribution in [-0.4, -0.2) is 30.6 Å². The molecule has 6 N–H and O–H groups in total. The lowest BCUT2D eigenvalue weighted by Gasteiger charge is -2.33. The van der Waals surface area contributed by atoms with Gasteiger partial charge in [0.05, 0.1) is 0 Å². The summed E-state index contributed by atoms with van der Waals surface area (Å²) in [5.41, 5.74) is 15.4. The number of hydrogen-bond donors (Lipinski definition) is 6. The molecule has 106 heavy (non-hydrogen) atoms. The molecule has 6 heteroatoms. The molecular weight excluding hydrogens is 1300 g/mol. The topological polar surface area (TPSA) is 121 Å². The molecule has 0 fully saturated rings. The van der Waals surface area contributed by atoms with Gasteiger partial charge in [-0.25, -0.2) is 0 Å². The molecule has 0 aromatic heterocycles. The van der Waals surface area contributed by atoms with Gasteiger partial charge in [-0.05, 0) is 78.9 Å². The minimum Gasteiger partial charge on any atom is -0.508 e. The average molecular weight is 1400 g/mol. The van der Waals surface area contributed by atoms with Crippen molar-refractivity contribution in [3.05, 3.63) is 389 Å². The molecule has 542 valence electrons. The monoisotopic (exact) mass is 1400 g/mol. The van der Waals surface area contributed by atoms with Crippen molar-refractivity contribution in [3.63, 3.8) is 0 Å². The van der Waals surface area contributed by atoms with Gasteiger partial charge in [-0.3, -0.25) is 0 Å². The third-order valence-corrected chi connectivity index (χ3v) is 24.7. The highest BCUT2D eigenvalue weighted by atomic mass is 16.3. The highest BCUT2D eigenvalue weighted by molar-refractivity contribution is 5.65. The molecular formula is C100H106O6. The van der Waals surface area contributed by atoms with Gasteiger partial charge in [0.25, 0.3) is 0 Å². The number of hydrogen-bond acceptors (Lipinski definition) is 6. The van der Waals surface area contributed by atoms with Crippen LogP contribution in [0.15, 0.2) is 267 Å². The van der Waals surface area contributed by atoms with E-state index in [1.54, 1.807) is 12.1 Å². The van der Waals surface area contributed by atoms with Crippen LogP contribution in [0, 0.1) is 0 Å². The normalized spacial score (nSPS) is 13.9. The van der Waals surface area contributed by atoms with Gasteiger partial charge in [0.1, 0.15) is 34.5 Å². The van der Waals surface area contributed by atoms with Crippen molar-refractivity contribution in [2.75, 3.05) is 0 Å². The molecule has 4 atom stereocenters. The van der Waals surface area contributed by atoms with Crippen molar-refractivity contribution < 1.29 is 30.6 Å². The van der Waals surface area contributed by atoms with Crippen LogP contribution >= 0.6 is 0 Å². The highest BCUT2D eigenvalue weighted by Gasteiger charge is 2.38. The summed E-state index contributed by atoms with van der Waals surface area (Å²) in [6.45, 7) is 36.7. The highest BCUT2D eigenvalue weighted by Crippen LogP contribution is 2.54. The minimum atomic E-state index is -0.666. The van der Waals surface area contributed by atoms with Crippen LogP contribution in [0.25, 0.3) is 0 Å². The fourth-order valence-corrected chi connectivity index (χ4v) is 16.4. The molecule has 0 heterocycles. The fourth-order valence-electron chi connectivity index (χ4n) is 16.4. The van der Waals surface area contributed by atoms with Crippen molar-refractivity contribution in [1.29, 1.82) is 0 Å². The number of aromatic hydroxyl groups is 6. The first kappa shape index (κ1) is 75.1. The van der Waals surface area contributed by atoms with Crippen LogP contribution in [0.1, 0.15) is 270 Å². The largest absolute Gasteiger partial charge is 0.508 e. The minimum absolute atomic E-state index is 0.0381. The number of benzene rings is 12. The Morgan fingerprint density at radius 3 is 0.481 bits per heavy atom. The van der Waals surface area contributed by atoms with Gasteiger partial charge in [-0.2, -0.15) is 0 Å². The zero-order valence-corrected chi connectivity index (χ0v) is 65.0. The molecule has 0 bridgehead atoms. The first-order chi connectivity index (χ1) is 50.2. The van der Waals surface area contributed by atoms with Gasteiger partial charge in [-0.15, -0.1) is 0 Å². The van der Waals surface area contributed by atoms with E-state index in [4.69, 9.17) is 0 Å². The second-order valence-electron chi connectivity index (χ2n) is 33.1. The lowest BCUT2D eigenvalue weighted by atomic mass is 9.71. The van der Waals surface area contributed by atoms with Gasteiger partial charge in [0.2, 0.25) is 0 Å². The van der Waals surface area contributed by atoms with Gasteiger partial charge >= 0.3 is 0 Å². The summed E-state index contributed by atoms with van der Waals surface area (Å²) < 4.78 is 0. The third-order valence-electron chi connectivity index (χ3n) is 24.7. The Morgan fingerprint density at radius 2 is 0.311 bits per heavy atom. The Balaban J connectivity index is 1.06. The smallest absolute Gasteiger partial charge is 0.123 e. The predicted octanol–water partition coefficient (Wildman–Crippen LogP) is 24.6. The Bertz CT molecular complexity index is 4800. The lowest BCUT2D eigenvalue weighted by Crippen LogP contribution is -2.22. The van der Waals surface area contributed by atoms with E-state index < -0.39 is 62.1 Å². The van der Waals surface area contributed by atoms with E-state index >= 15 is 0 Å². The van der Waals surface area contributed by atoms with Crippen molar-refractivity contribution >= 4 is 0 Å². The Morgan fingerprint density at radius 1 is 0.170 bits per heavy atom. The van der Waals surface area contributed by atoms with Crippen molar-refractivity contribution in [2.45, 2.75) is 180 Å². The summed E-state index contributed by atoms with van der Waals surface area (Å²) in [5.74, 6) is -2.45. The molecule has 4 unspecified atom stereocenters. The molecule has 0 aliphatic heterocycles. The van der Waals surface area contributed by atoms with E-state index in [2.05, 4.69) is 324 Å².